The van der Waals surface area contributed by atoms with Crippen LogP contribution in [0.4, 0.5) is 0 Å². The predicted octanol–water partition coefficient (Wildman–Crippen LogP) is 4.81. The fourth-order valence-electron chi connectivity index (χ4n) is 1.54. The zero-order valence-electron chi connectivity index (χ0n) is 11.6. The summed E-state index contributed by atoms with van der Waals surface area (Å²) >= 11 is 1.88. The summed E-state index contributed by atoms with van der Waals surface area (Å²) in [5, 5.41) is 1.30. The summed E-state index contributed by atoms with van der Waals surface area (Å²) in [6.45, 7) is 13.7. The Kier molecular flexibility index (Phi) is 4.17. The van der Waals surface area contributed by atoms with Gasteiger partial charge in [-0.3, -0.25) is 0 Å². The molecule has 0 saturated carbocycles. The van der Waals surface area contributed by atoms with Gasteiger partial charge >= 0.3 is 0 Å². The smallest absolute Gasteiger partial charge is 0.0927 e. The van der Waals surface area contributed by atoms with Crippen molar-refractivity contribution in [1.82, 2.24) is 4.98 Å². The van der Waals surface area contributed by atoms with Gasteiger partial charge in [0.2, 0.25) is 0 Å². The van der Waals surface area contributed by atoms with E-state index in [9.17, 15) is 0 Å². The molecule has 0 fully saturated rings. The molecular weight excluding hydrogens is 214 g/mol. The molecule has 1 nitrogen and oxygen atoms in total. The van der Waals surface area contributed by atoms with E-state index in [1.807, 2.05) is 11.3 Å². The van der Waals surface area contributed by atoms with Crippen molar-refractivity contribution in [1.29, 1.82) is 0 Å². The van der Waals surface area contributed by atoms with Gasteiger partial charge < -0.3 is 0 Å². The van der Waals surface area contributed by atoms with Crippen LogP contribution in [0.2, 0.25) is 0 Å². The maximum atomic E-state index is 4.52. The Morgan fingerprint density at radius 3 is 2.19 bits per heavy atom. The van der Waals surface area contributed by atoms with Crippen LogP contribution in [0.5, 0.6) is 0 Å². The molecule has 0 bridgehead atoms. The molecular formula is C14H25NS. The molecule has 1 rings (SSSR count). The van der Waals surface area contributed by atoms with E-state index in [1.54, 1.807) is 0 Å². The highest BCUT2D eigenvalue weighted by Gasteiger charge is 2.17. The van der Waals surface area contributed by atoms with Crippen LogP contribution in [0.25, 0.3) is 0 Å². The average Bonchev–Trinajstić information content (AvgIpc) is 2.49. The largest absolute Gasteiger partial charge is 0.249 e. The second-order valence-corrected chi connectivity index (χ2v) is 7.90. The summed E-state index contributed by atoms with van der Waals surface area (Å²) in [6.07, 6.45) is 5.72. The number of aryl methyl sites for hydroxylation is 1. The Balaban J connectivity index is 2.48. The van der Waals surface area contributed by atoms with Gasteiger partial charge in [-0.25, -0.2) is 4.98 Å². The van der Waals surface area contributed by atoms with Gasteiger partial charge in [0, 0.05) is 11.1 Å². The third-order valence-corrected chi connectivity index (χ3v) is 4.09. The summed E-state index contributed by atoms with van der Waals surface area (Å²) in [5.74, 6) is 0. The molecule has 0 spiro atoms. The monoisotopic (exact) mass is 239 g/mol. The van der Waals surface area contributed by atoms with Crippen molar-refractivity contribution in [3.63, 3.8) is 0 Å². The van der Waals surface area contributed by atoms with Crippen LogP contribution in [0.15, 0.2) is 6.20 Å². The lowest BCUT2D eigenvalue weighted by Gasteiger charge is -2.17. The van der Waals surface area contributed by atoms with E-state index in [0.717, 1.165) is 6.42 Å². The molecule has 1 heterocycles. The van der Waals surface area contributed by atoms with Gasteiger partial charge in [-0.1, -0.05) is 41.5 Å². The van der Waals surface area contributed by atoms with Crippen molar-refractivity contribution in [2.24, 2.45) is 5.41 Å². The molecule has 0 aliphatic carbocycles. The normalized spacial score (nSPS) is 13.1. The molecule has 0 saturated heterocycles. The third-order valence-electron chi connectivity index (χ3n) is 2.61. The maximum Gasteiger partial charge on any atom is 0.0927 e. The second-order valence-electron chi connectivity index (χ2n) is 6.78. The topological polar surface area (TPSA) is 12.9 Å². The van der Waals surface area contributed by atoms with Crippen LogP contribution in [0, 0.1) is 5.41 Å². The molecule has 0 radical (unpaired) electrons. The first-order valence-electron chi connectivity index (χ1n) is 6.14. The van der Waals surface area contributed by atoms with Crippen LogP contribution in [-0.4, -0.2) is 4.98 Å². The quantitative estimate of drug-likeness (QED) is 0.737. The molecule has 0 aromatic carbocycles. The zero-order chi connectivity index (χ0) is 12.4. The maximum absolute atomic E-state index is 4.52. The number of hydrogen-bond donors (Lipinski definition) is 0. The van der Waals surface area contributed by atoms with Gasteiger partial charge in [0.05, 0.1) is 5.01 Å². The zero-order valence-corrected chi connectivity index (χ0v) is 12.4. The summed E-state index contributed by atoms with van der Waals surface area (Å²) in [5.41, 5.74) is 0.698. The molecule has 1 aromatic heterocycles. The molecule has 0 atom stereocenters. The van der Waals surface area contributed by atoms with Gasteiger partial charge in [-0.2, -0.15) is 0 Å². The number of hydrogen-bond acceptors (Lipinski definition) is 2. The van der Waals surface area contributed by atoms with Crippen molar-refractivity contribution >= 4 is 11.3 Å². The van der Waals surface area contributed by atoms with Gasteiger partial charge in [-0.15, -0.1) is 11.3 Å². The fraction of sp³-hybridized carbons (Fsp3) is 0.786. The predicted molar refractivity (Wildman–Crippen MR) is 73.2 cm³/mol. The van der Waals surface area contributed by atoms with Crippen LogP contribution in [0.3, 0.4) is 0 Å². The summed E-state index contributed by atoms with van der Waals surface area (Å²) in [4.78, 5) is 5.92. The first-order valence-corrected chi connectivity index (χ1v) is 6.95. The molecule has 92 valence electrons. The van der Waals surface area contributed by atoms with Crippen LogP contribution in [0.1, 0.15) is 64.3 Å². The van der Waals surface area contributed by atoms with Crippen molar-refractivity contribution < 1.29 is 0 Å². The van der Waals surface area contributed by atoms with Crippen LogP contribution in [-0.2, 0) is 11.8 Å². The lowest BCUT2D eigenvalue weighted by atomic mass is 9.90. The highest BCUT2D eigenvalue weighted by molar-refractivity contribution is 7.11. The number of thiazole rings is 1. The van der Waals surface area contributed by atoms with E-state index in [0.29, 0.717) is 5.41 Å². The molecule has 0 amide bonds. The first kappa shape index (κ1) is 13.7. The molecule has 0 aliphatic rings. The van der Waals surface area contributed by atoms with E-state index < -0.39 is 0 Å². The summed E-state index contributed by atoms with van der Waals surface area (Å²) in [7, 11) is 0. The number of aromatic nitrogens is 1. The Morgan fingerprint density at radius 1 is 1.12 bits per heavy atom. The Hall–Kier alpha value is -0.370. The average molecular weight is 239 g/mol. The van der Waals surface area contributed by atoms with Crippen LogP contribution >= 0.6 is 11.3 Å². The van der Waals surface area contributed by atoms with Gasteiger partial charge in [0.15, 0.2) is 0 Å². The van der Waals surface area contributed by atoms with Crippen molar-refractivity contribution in [2.45, 2.75) is 66.2 Å². The molecule has 0 unspecified atom stereocenters. The Morgan fingerprint density at radius 2 is 1.75 bits per heavy atom. The minimum Gasteiger partial charge on any atom is -0.249 e. The highest BCUT2D eigenvalue weighted by atomic mass is 32.1. The molecule has 2 heteroatoms. The SMILES string of the molecule is CC(C)(C)CCCc1ncc(C(C)(C)C)s1. The third kappa shape index (κ3) is 4.65. The molecule has 16 heavy (non-hydrogen) atoms. The molecule has 1 aromatic rings. The first-order chi connectivity index (χ1) is 7.18. The van der Waals surface area contributed by atoms with Crippen LogP contribution < -0.4 is 0 Å². The number of rotatable bonds is 3. The second kappa shape index (κ2) is 4.87. The molecule has 0 aliphatic heterocycles. The Bertz CT molecular complexity index is 325. The standard InChI is InChI=1S/C14H25NS/c1-13(2,3)9-7-8-12-15-10-11(16-12)14(4,5)6/h10H,7-9H2,1-6H3. The number of nitrogens with zero attached hydrogens (tertiary/aromatic N) is 1. The van der Waals surface area contributed by atoms with E-state index in [2.05, 4.69) is 52.7 Å². The summed E-state index contributed by atoms with van der Waals surface area (Å²) in [6, 6.07) is 0. The lowest BCUT2D eigenvalue weighted by molar-refractivity contribution is 0.365. The van der Waals surface area contributed by atoms with Gasteiger partial charge in [-0.05, 0) is 30.1 Å². The summed E-state index contributed by atoms with van der Waals surface area (Å²) < 4.78 is 0. The van der Waals surface area contributed by atoms with Crippen molar-refractivity contribution in [2.75, 3.05) is 0 Å². The minimum atomic E-state index is 0.250. The van der Waals surface area contributed by atoms with E-state index in [4.69, 9.17) is 0 Å². The lowest BCUT2D eigenvalue weighted by Crippen LogP contribution is -2.07. The fourth-order valence-corrected chi connectivity index (χ4v) is 2.56. The molecule has 0 N–H and O–H groups in total. The highest BCUT2D eigenvalue weighted by Crippen LogP contribution is 2.29. The van der Waals surface area contributed by atoms with E-state index in [-0.39, 0.29) is 5.41 Å². The van der Waals surface area contributed by atoms with Gasteiger partial charge in [0.25, 0.3) is 0 Å². The van der Waals surface area contributed by atoms with E-state index >= 15 is 0 Å². The van der Waals surface area contributed by atoms with Gasteiger partial charge in [0.1, 0.15) is 0 Å². The Labute approximate surface area is 104 Å². The van der Waals surface area contributed by atoms with Crippen molar-refractivity contribution in [3.8, 4) is 0 Å². The minimum absolute atomic E-state index is 0.250. The van der Waals surface area contributed by atoms with Crippen molar-refractivity contribution in [3.05, 3.63) is 16.1 Å². The van der Waals surface area contributed by atoms with E-state index in [1.165, 1.54) is 22.7 Å².